The molecule has 2 N–H and O–H groups in total. The van der Waals surface area contributed by atoms with Gasteiger partial charge in [0.1, 0.15) is 0 Å². The molecule has 5 nitrogen and oxygen atoms in total. The van der Waals surface area contributed by atoms with Crippen LogP contribution in [-0.4, -0.2) is 21.9 Å². The standard InChI is InChI=1S/C16H16Cl2N4O/c17-13-6-5-12(7-14(13)18)21-15(23)10-8-19-16(20-9-10)22-11-3-1-2-4-11/h5-9,11H,1-4H2,(H,21,23)(H,19,20,22). The second kappa shape index (κ2) is 7.15. The van der Waals surface area contributed by atoms with Gasteiger partial charge in [-0.15, -0.1) is 0 Å². The summed E-state index contributed by atoms with van der Waals surface area (Å²) in [6.07, 6.45) is 7.78. The van der Waals surface area contributed by atoms with Crippen LogP contribution in [0.2, 0.25) is 10.0 Å². The molecule has 0 unspecified atom stereocenters. The van der Waals surface area contributed by atoms with E-state index in [0.29, 0.717) is 33.3 Å². The first kappa shape index (κ1) is 16.0. The van der Waals surface area contributed by atoms with Crippen LogP contribution in [0, 0.1) is 0 Å². The smallest absolute Gasteiger partial charge is 0.258 e. The van der Waals surface area contributed by atoms with Crippen molar-refractivity contribution in [1.29, 1.82) is 0 Å². The summed E-state index contributed by atoms with van der Waals surface area (Å²) in [5.41, 5.74) is 0.950. The first-order valence-corrected chi connectivity index (χ1v) is 8.22. The largest absolute Gasteiger partial charge is 0.351 e. The molecule has 1 saturated carbocycles. The number of nitrogens with zero attached hydrogens (tertiary/aromatic N) is 2. The highest BCUT2D eigenvalue weighted by atomic mass is 35.5. The van der Waals surface area contributed by atoms with Crippen LogP contribution in [0.3, 0.4) is 0 Å². The van der Waals surface area contributed by atoms with E-state index in [0.717, 1.165) is 12.8 Å². The molecule has 23 heavy (non-hydrogen) atoms. The van der Waals surface area contributed by atoms with Gasteiger partial charge in [-0.1, -0.05) is 36.0 Å². The van der Waals surface area contributed by atoms with Crippen LogP contribution in [0.25, 0.3) is 0 Å². The van der Waals surface area contributed by atoms with Gasteiger partial charge in [0.15, 0.2) is 0 Å². The number of aromatic nitrogens is 2. The number of halogens is 2. The topological polar surface area (TPSA) is 66.9 Å². The first-order chi connectivity index (χ1) is 11.1. The lowest BCUT2D eigenvalue weighted by Gasteiger charge is -2.11. The summed E-state index contributed by atoms with van der Waals surface area (Å²) in [6, 6.07) is 5.35. The summed E-state index contributed by atoms with van der Waals surface area (Å²) in [7, 11) is 0. The molecule has 3 rings (SSSR count). The van der Waals surface area contributed by atoms with Crippen molar-refractivity contribution in [1.82, 2.24) is 9.97 Å². The van der Waals surface area contributed by atoms with Gasteiger partial charge in [-0.25, -0.2) is 9.97 Å². The molecular weight excluding hydrogens is 335 g/mol. The van der Waals surface area contributed by atoms with Crippen LogP contribution in [0.4, 0.5) is 11.6 Å². The first-order valence-electron chi connectivity index (χ1n) is 7.47. The number of anilines is 2. The number of hydrogen-bond donors (Lipinski definition) is 2. The van der Waals surface area contributed by atoms with Crippen molar-refractivity contribution in [2.24, 2.45) is 0 Å². The lowest BCUT2D eigenvalue weighted by atomic mass is 10.2. The van der Waals surface area contributed by atoms with Crippen LogP contribution in [0.1, 0.15) is 36.0 Å². The zero-order valence-corrected chi connectivity index (χ0v) is 13.9. The molecule has 1 aliphatic carbocycles. The van der Waals surface area contributed by atoms with E-state index in [1.807, 2.05) is 0 Å². The zero-order chi connectivity index (χ0) is 16.2. The number of amides is 1. The average Bonchev–Trinajstić information content (AvgIpc) is 3.04. The summed E-state index contributed by atoms with van der Waals surface area (Å²) in [5, 5.41) is 6.85. The fourth-order valence-electron chi connectivity index (χ4n) is 2.55. The van der Waals surface area contributed by atoms with E-state index in [9.17, 15) is 4.79 Å². The molecule has 1 fully saturated rings. The van der Waals surface area contributed by atoms with Gasteiger partial charge < -0.3 is 10.6 Å². The molecule has 1 aromatic carbocycles. The van der Waals surface area contributed by atoms with Crippen LogP contribution < -0.4 is 10.6 Å². The maximum absolute atomic E-state index is 12.2. The normalized spacial score (nSPS) is 14.7. The maximum atomic E-state index is 12.2. The van der Waals surface area contributed by atoms with Crippen molar-refractivity contribution < 1.29 is 4.79 Å². The fraction of sp³-hybridized carbons (Fsp3) is 0.312. The highest BCUT2D eigenvalue weighted by Crippen LogP contribution is 2.25. The van der Waals surface area contributed by atoms with Gasteiger partial charge in [0.2, 0.25) is 5.95 Å². The molecule has 1 aliphatic rings. The van der Waals surface area contributed by atoms with Crippen molar-refractivity contribution in [3.05, 3.63) is 46.2 Å². The van der Waals surface area contributed by atoms with E-state index in [2.05, 4.69) is 20.6 Å². The number of carbonyl (C=O) groups is 1. The van der Waals surface area contributed by atoms with Crippen LogP contribution in [0.15, 0.2) is 30.6 Å². The Morgan fingerprint density at radius 3 is 2.43 bits per heavy atom. The van der Waals surface area contributed by atoms with Gasteiger partial charge >= 0.3 is 0 Å². The molecule has 0 bridgehead atoms. The third-order valence-corrected chi connectivity index (χ3v) is 4.52. The van der Waals surface area contributed by atoms with E-state index in [4.69, 9.17) is 23.2 Å². The minimum Gasteiger partial charge on any atom is -0.351 e. The molecule has 120 valence electrons. The Kier molecular flexibility index (Phi) is 4.98. The average molecular weight is 351 g/mol. The second-order valence-electron chi connectivity index (χ2n) is 5.50. The lowest BCUT2D eigenvalue weighted by Crippen LogP contribution is -2.18. The summed E-state index contributed by atoms with van der Waals surface area (Å²) in [5.74, 6) is 0.263. The van der Waals surface area contributed by atoms with Crippen LogP contribution in [0.5, 0.6) is 0 Å². The molecule has 0 atom stereocenters. The van der Waals surface area contributed by atoms with Crippen LogP contribution in [-0.2, 0) is 0 Å². The third kappa shape index (κ3) is 4.12. The number of benzene rings is 1. The third-order valence-electron chi connectivity index (χ3n) is 3.78. The van der Waals surface area contributed by atoms with Crippen molar-refractivity contribution >= 4 is 40.7 Å². The highest BCUT2D eigenvalue weighted by Gasteiger charge is 2.16. The Morgan fingerprint density at radius 1 is 1.09 bits per heavy atom. The Labute approximate surface area is 144 Å². The predicted molar refractivity (Wildman–Crippen MR) is 92.3 cm³/mol. The monoisotopic (exact) mass is 350 g/mol. The van der Waals surface area contributed by atoms with E-state index in [1.54, 1.807) is 18.2 Å². The fourth-order valence-corrected chi connectivity index (χ4v) is 2.85. The summed E-state index contributed by atoms with van der Waals surface area (Å²) >= 11 is 11.8. The molecule has 0 spiro atoms. The van der Waals surface area contributed by atoms with E-state index >= 15 is 0 Å². The SMILES string of the molecule is O=C(Nc1ccc(Cl)c(Cl)c1)c1cnc(NC2CCCC2)nc1. The van der Waals surface area contributed by atoms with Gasteiger partial charge in [0, 0.05) is 24.1 Å². The van der Waals surface area contributed by atoms with E-state index in [-0.39, 0.29) is 5.91 Å². The molecule has 1 heterocycles. The highest BCUT2D eigenvalue weighted by molar-refractivity contribution is 6.42. The number of hydrogen-bond acceptors (Lipinski definition) is 4. The molecule has 2 aromatic rings. The molecule has 0 aliphatic heterocycles. The zero-order valence-electron chi connectivity index (χ0n) is 12.4. The summed E-state index contributed by atoms with van der Waals surface area (Å²) in [6.45, 7) is 0. The Balaban J connectivity index is 1.63. The van der Waals surface area contributed by atoms with Crippen molar-refractivity contribution in [2.75, 3.05) is 10.6 Å². The molecular formula is C16H16Cl2N4O. The molecule has 0 saturated heterocycles. The quantitative estimate of drug-likeness (QED) is 0.857. The van der Waals surface area contributed by atoms with Crippen molar-refractivity contribution in [2.45, 2.75) is 31.7 Å². The molecule has 0 radical (unpaired) electrons. The summed E-state index contributed by atoms with van der Waals surface area (Å²) < 4.78 is 0. The van der Waals surface area contributed by atoms with Gasteiger partial charge in [0.05, 0.1) is 15.6 Å². The molecule has 7 heteroatoms. The number of carbonyl (C=O) groups excluding carboxylic acids is 1. The Morgan fingerprint density at radius 2 is 1.78 bits per heavy atom. The minimum absolute atomic E-state index is 0.296. The molecule has 1 amide bonds. The van der Waals surface area contributed by atoms with Gasteiger partial charge in [0.25, 0.3) is 5.91 Å². The lowest BCUT2D eigenvalue weighted by molar-refractivity contribution is 0.102. The van der Waals surface area contributed by atoms with Crippen molar-refractivity contribution in [3.8, 4) is 0 Å². The summed E-state index contributed by atoms with van der Waals surface area (Å²) in [4.78, 5) is 20.6. The number of nitrogens with one attached hydrogen (secondary N) is 2. The van der Waals surface area contributed by atoms with Gasteiger partial charge in [-0.05, 0) is 31.0 Å². The van der Waals surface area contributed by atoms with E-state index < -0.39 is 0 Å². The Bertz CT molecular complexity index is 700. The van der Waals surface area contributed by atoms with Gasteiger partial charge in [-0.3, -0.25) is 4.79 Å². The minimum atomic E-state index is -0.296. The van der Waals surface area contributed by atoms with Crippen molar-refractivity contribution in [3.63, 3.8) is 0 Å². The van der Waals surface area contributed by atoms with Gasteiger partial charge in [-0.2, -0.15) is 0 Å². The molecule has 1 aromatic heterocycles. The van der Waals surface area contributed by atoms with E-state index in [1.165, 1.54) is 25.2 Å². The predicted octanol–water partition coefficient (Wildman–Crippen LogP) is 4.39. The number of rotatable bonds is 4. The van der Waals surface area contributed by atoms with Crippen LogP contribution >= 0.6 is 23.2 Å². The maximum Gasteiger partial charge on any atom is 0.258 e. The Hall–Kier alpha value is -1.85. The second-order valence-corrected chi connectivity index (χ2v) is 6.32.